The third-order valence-electron chi connectivity index (χ3n) is 3.26. The fourth-order valence-electron chi connectivity index (χ4n) is 2.26. The Morgan fingerprint density at radius 2 is 1.48 bits per heavy atom. The number of aromatic nitrogens is 2. The molecule has 0 spiro atoms. The lowest BCUT2D eigenvalue weighted by atomic mass is 10.1. The van der Waals surface area contributed by atoms with Crippen LogP contribution in [0.25, 0.3) is 11.1 Å². The summed E-state index contributed by atoms with van der Waals surface area (Å²) in [6, 6.07) is 20.1. The minimum Gasteiger partial charge on any atom is -0.268 e. The first-order valence-corrected chi connectivity index (χ1v) is 6.67. The number of rotatable bonds is 3. The average molecular weight is 278 g/mol. The molecule has 21 heavy (non-hydrogen) atoms. The predicted molar refractivity (Wildman–Crippen MR) is 82.3 cm³/mol. The van der Waals surface area contributed by atoms with Crippen LogP contribution in [0.4, 0.5) is 0 Å². The minimum atomic E-state index is -0.288. The molecule has 1 aromatic heterocycles. The molecule has 0 unspecified atom stereocenters. The lowest BCUT2D eigenvalue weighted by Crippen LogP contribution is -2.30. The van der Waals surface area contributed by atoms with Gasteiger partial charge < -0.3 is 0 Å². The SMILES string of the molecule is O=c1cc(-c2ccccc2)c(=O)n(Cc2ccccc2)[nH]1. The van der Waals surface area contributed by atoms with Crippen molar-refractivity contribution in [3.05, 3.63) is 93.0 Å². The number of hydrogen-bond donors (Lipinski definition) is 1. The van der Waals surface area contributed by atoms with E-state index in [-0.39, 0.29) is 11.1 Å². The van der Waals surface area contributed by atoms with Crippen LogP contribution in [-0.2, 0) is 6.54 Å². The summed E-state index contributed by atoms with van der Waals surface area (Å²) in [4.78, 5) is 24.3. The van der Waals surface area contributed by atoms with E-state index in [4.69, 9.17) is 0 Å². The number of nitrogens with one attached hydrogen (secondary N) is 1. The second-order valence-electron chi connectivity index (χ2n) is 4.78. The zero-order valence-corrected chi connectivity index (χ0v) is 11.3. The molecule has 0 fully saturated rings. The van der Waals surface area contributed by atoms with Crippen molar-refractivity contribution < 1.29 is 0 Å². The molecule has 0 atom stereocenters. The number of hydrogen-bond acceptors (Lipinski definition) is 2. The molecule has 0 radical (unpaired) electrons. The van der Waals surface area contributed by atoms with Crippen molar-refractivity contribution in [1.82, 2.24) is 9.78 Å². The highest BCUT2D eigenvalue weighted by atomic mass is 16.2. The summed E-state index contributed by atoms with van der Waals surface area (Å²) >= 11 is 0. The van der Waals surface area contributed by atoms with Gasteiger partial charge in [-0.1, -0.05) is 60.7 Å². The van der Waals surface area contributed by atoms with Crippen LogP contribution in [0.15, 0.2) is 76.3 Å². The molecule has 3 rings (SSSR count). The van der Waals surface area contributed by atoms with Crippen molar-refractivity contribution in [1.29, 1.82) is 0 Å². The molecule has 4 heteroatoms. The Labute approximate surface area is 121 Å². The molecular formula is C17H14N2O2. The second-order valence-corrected chi connectivity index (χ2v) is 4.78. The molecule has 0 saturated carbocycles. The largest absolute Gasteiger partial charge is 0.273 e. The fourth-order valence-corrected chi connectivity index (χ4v) is 2.26. The zero-order valence-electron chi connectivity index (χ0n) is 11.3. The van der Waals surface area contributed by atoms with E-state index in [2.05, 4.69) is 5.10 Å². The molecule has 1 heterocycles. The molecule has 0 aliphatic rings. The average Bonchev–Trinajstić information content (AvgIpc) is 2.52. The molecule has 0 aliphatic heterocycles. The molecular weight excluding hydrogens is 264 g/mol. The minimum absolute atomic E-state index is 0.204. The van der Waals surface area contributed by atoms with Crippen LogP contribution in [0.3, 0.4) is 0 Å². The number of H-pyrrole nitrogens is 1. The van der Waals surface area contributed by atoms with Gasteiger partial charge in [0.15, 0.2) is 0 Å². The van der Waals surface area contributed by atoms with Gasteiger partial charge in [0.05, 0.1) is 12.1 Å². The molecule has 0 bridgehead atoms. The van der Waals surface area contributed by atoms with Crippen LogP contribution in [-0.4, -0.2) is 9.78 Å². The first-order valence-electron chi connectivity index (χ1n) is 6.67. The maximum Gasteiger partial charge on any atom is 0.273 e. The van der Waals surface area contributed by atoms with Crippen LogP contribution in [0.1, 0.15) is 5.56 Å². The summed E-state index contributed by atoms with van der Waals surface area (Å²) < 4.78 is 1.35. The molecule has 0 aliphatic carbocycles. The summed E-state index contributed by atoms with van der Waals surface area (Å²) in [5.74, 6) is 0. The van der Waals surface area contributed by atoms with E-state index in [0.717, 1.165) is 11.1 Å². The predicted octanol–water partition coefficient (Wildman–Crippen LogP) is 2.25. The number of benzene rings is 2. The monoisotopic (exact) mass is 278 g/mol. The Morgan fingerprint density at radius 3 is 2.14 bits per heavy atom. The van der Waals surface area contributed by atoms with Gasteiger partial charge in [-0.3, -0.25) is 14.7 Å². The molecule has 0 amide bonds. The maximum atomic E-state index is 12.5. The van der Waals surface area contributed by atoms with Crippen LogP contribution in [0.5, 0.6) is 0 Å². The highest BCUT2D eigenvalue weighted by Crippen LogP contribution is 2.12. The number of aromatic amines is 1. The lowest BCUT2D eigenvalue weighted by Gasteiger charge is -2.08. The van der Waals surface area contributed by atoms with Gasteiger partial charge >= 0.3 is 0 Å². The van der Waals surface area contributed by atoms with E-state index < -0.39 is 0 Å². The van der Waals surface area contributed by atoms with Gasteiger partial charge in [0.25, 0.3) is 11.1 Å². The van der Waals surface area contributed by atoms with E-state index in [1.54, 1.807) is 0 Å². The van der Waals surface area contributed by atoms with Crippen molar-refractivity contribution >= 4 is 0 Å². The van der Waals surface area contributed by atoms with Crippen LogP contribution < -0.4 is 11.1 Å². The van der Waals surface area contributed by atoms with Crippen LogP contribution >= 0.6 is 0 Å². The number of nitrogens with zero attached hydrogens (tertiary/aromatic N) is 1. The normalized spacial score (nSPS) is 10.5. The van der Waals surface area contributed by atoms with E-state index in [0.29, 0.717) is 12.1 Å². The van der Waals surface area contributed by atoms with Crippen molar-refractivity contribution in [2.75, 3.05) is 0 Å². The molecule has 2 aromatic carbocycles. The standard InChI is InChI=1S/C17H14N2O2/c20-16-11-15(14-9-5-2-6-10-14)17(21)19(18-16)12-13-7-3-1-4-8-13/h1-11H,12H2,(H,18,20). The summed E-state index contributed by atoms with van der Waals surface area (Å²) in [5, 5.41) is 2.58. The third kappa shape index (κ3) is 2.84. The van der Waals surface area contributed by atoms with Gasteiger partial charge in [0.2, 0.25) is 0 Å². The summed E-state index contributed by atoms with van der Waals surface area (Å²) in [7, 11) is 0. The topological polar surface area (TPSA) is 54.9 Å². The van der Waals surface area contributed by atoms with Gasteiger partial charge in [0.1, 0.15) is 0 Å². The van der Waals surface area contributed by atoms with Gasteiger partial charge in [-0.2, -0.15) is 0 Å². The van der Waals surface area contributed by atoms with E-state index >= 15 is 0 Å². The zero-order chi connectivity index (χ0) is 14.7. The second kappa shape index (κ2) is 5.63. The van der Waals surface area contributed by atoms with Crippen molar-refractivity contribution in [2.45, 2.75) is 6.54 Å². The molecule has 3 aromatic rings. The smallest absolute Gasteiger partial charge is 0.268 e. The Morgan fingerprint density at radius 1 is 0.857 bits per heavy atom. The molecule has 4 nitrogen and oxygen atoms in total. The van der Waals surface area contributed by atoms with Gasteiger partial charge in [-0.25, -0.2) is 4.68 Å². The molecule has 0 saturated heterocycles. The maximum absolute atomic E-state index is 12.5. The van der Waals surface area contributed by atoms with Gasteiger partial charge in [-0.15, -0.1) is 0 Å². The first kappa shape index (κ1) is 13.1. The van der Waals surface area contributed by atoms with Crippen LogP contribution in [0, 0.1) is 0 Å². The molecule has 104 valence electrons. The van der Waals surface area contributed by atoms with Crippen molar-refractivity contribution in [3.63, 3.8) is 0 Å². The highest BCUT2D eigenvalue weighted by Gasteiger charge is 2.08. The Hall–Kier alpha value is -2.88. The fraction of sp³-hybridized carbons (Fsp3) is 0.0588. The summed E-state index contributed by atoms with van der Waals surface area (Å²) in [6.07, 6.45) is 0. The Bertz CT molecular complexity index is 849. The highest BCUT2D eigenvalue weighted by molar-refractivity contribution is 5.61. The molecule has 1 N–H and O–H groups in total. The van der Waals surface area contributed by atoms with Crippen molar-refractivity contribution in [3.8, 4) is 11.1 Å². The van der Waals surface area contributed by atoms with Gasteiger partial charge in [0, 0.05) is 6.07 Å². The van der Waals surface area contributed by atoms with Gasteiger partial charge in [-0.05, 0) is 11.1 Å². The third-order valence-corrected chi connectivity index (χ3v) is 3.26. The van der Waals surface area contributed by atoms with E-state index in [9.17, 15) is 9.59 Å². The Kier molecular flexibility index (Phi) is 3.51. The first-order chi connectivity index (χ1) is 10.2. The van der Waals surface area contributed by atoms with E-state index in [1.165, 1.54) is 10.7 Å². The lowest BCUT2D eigenvalue weighted by molar-refractivity contribution is 0.629. The quantitative estimate of drug-likeness (QED) is 0.799. The van der Waals surface area contributed by atoms with Crippen molar-refractivity contribution in [2.24, 2.45) is 0 Å². The summed E-state index contributed by atoms with van der Waals surface area (Å²) in [6.45, 7) is 0.343. The Balaban J connectivity index is 2.09. The summed E-state index contributed by atoms with van der Waals surface area (Å²) in [5.41, 5.74) is 1.63. The van der Waals surface area contributed by atoms with E-state index in [1.807, 2.05) is 60.7 Å². The van der Waals surface area contributed by atoms with Crippen LogP contribution in [0.2, 0.25) is 0 Å².